The number of carbonyl (C=O) groups excluding carboxylic acids is 1. The van der Waals surface area contributed by atoms with Crippen LogP contribution >= 0.6 is 7.82 Å². The minimum atomic E-state index is -4.56. The van der Waals surface area contributed by atoms with Crippen LogP contribution in [0.5, 0.6) is 0 Å². The van der Waals surface area contributed by atoms with E-state index in [2.05, 4.69) is 67.8 Å². The Hall–Kier alpha value is -1.54. The van der Waals surface area contributed by atoms with Crippen molar-refractivity contribution in [2.24, 2.45) is 0 Å². The molecule has 67 heavy (non-hydrogen) atoms. The van der Waals surface area contributed by atoms with E-state index in [9.17, 15) is 19.4 Å². The summed E-state index contributed by atoms with van der Waals surface area (Å²) in [6.45, 7) is 4.58. The van der Waals surface area contributed by atoms with Gasteiger partial charge in [-0.2, -0.15) is 0 Å². The lowest BCUT2D eigenvalue weighted by atomic mass is 10.0. The third-order valence-corrected chi connectivity index (χ3v) is 13.8. The van der Waals surface area contributed by atoms with Gasteiger partial charge >= 0.3 is 0 Å². The highest BCUT2D eigenvalue weighted by molar-refractivity contribution is 7.45. The normalized spacial score (nSPS) is 14.3. The Kier molecular flexibility index (Phi) is 48.3. The van der Waals surface area contributed by atoms with Gasteiger partial charge < -0.3 is 28.8 Å². The van der Waals surface area contributed by atoms with Gasteiger partial charge in [-0.25, -0.2) is 0 Å². The van der Waals surface area contributed by atoms with Crippen molar-refractivity contribution in [1.82, 2.24) is 5.32 Å². The van der Waals surface area contributed by atoms with Gasteiger partial charge in [0, 0.05) is 6.42 Å². The number of nitrogens with zero attached hydrogens (tertiary/aromatic N) is 1. The lowest BCUT2D eigenvalue weighted by Gasteiger charge is -2.30. The second-order valence-corrected chi connectivity index (χ2v) is 22.0. The van der Waals surface area contributed by atoms with Gasteiger partial charge in [0.25, 0.3) is 7.82 Å². The summed E-state index contributed by atoms with van der Waals surface area (Å²) in [4.78, 5) is 25.3. The third kappa shape index (κ3) is 52.1. The van der Waals surface area contributed by atoms with E-state index in [1.807, 2.05) is 21.1 Å². The van der Waals surface area contributed by atoms with Crippen molar-refractivity contribution in [2.75, 3.05) is 40.9 Å². The van der Waals surface area contributed by atoms with Crippen LogP contribution in [-0.4, -0.2) is 68.5 Å². The molecule has 9 heteroatoms. The van der Waals surface area contributed by atoms with Gasteiger partial charge in [0.15, 0.2) is 0 Å². The van der Waals surface area contributed by atoms with Crippen LogP contribution in [0.25, 0.3) is 0 Å². The summed E-state index contributed by atoms with van der Waals surface area (Å²) >= 11 is 0. The second-order valence-electron chi connectivity index (χ2n) is 20.6. The van der Waals surface area contributed by atoms with E-state index in [0.717, 1.165) is 64.2 Å². The molecule has 0 saturated heterocycles. The van der Waals surface area contributed by atoms with E-state index >= 15 is 0 Å². The largest absolute Gasteiger partial charge is 0.756 e. The maximum absolute atomic E-state index is 12.9. The maximum atomic E-state index is 12.9. The molecule has 0 saturated carbocycles. The number of carbonyl (C=O) groups is 1. The first-order valence-electron chi connectivity index (χ1n) is 28.5. The van der Waals surface area contributed by atoms with Crippen molar-refractivity contribution < 1.29 is 32.9 Å². The first-order chi connectivity index (χ1) is 32.5. The van der Waals surface area contributed by atoms with Gasteiger partial charge in [-0.05, 0) is 51.4 Å². The van der Waals surface area contributed by atoms with Crippen molar-refractivity contribution in [3.8, 4) is 0 Å². The summed E-state index contributed by atoms with van der Waals surface area (Å²) in [7, 11) is 1.31. The van der Waals surface area contributed by atoms with E-state index < -0.39 is 20.0 Å². The zero-order chi connectivity index (χ0) is 49.2. The fourth-order valence-corrected chi connectivity index (χ4v) is 9.11. The monoisotopic (exact) mass is 963 g/mol. The van der Waals surface area contributed by atoms with Crippen molar-refractivity contribution >= 4 is 13.7 Å². The summed E-state index contributed by atoms with van der Waals surface area (Å²) in [6, 6.07) is -0.796. The number of unbranched alkanes of at least 4 members (excludes halogenated alkanes) is 31. The molecular weight excluding hydrogens is 852 g/mol. The lowest BCUT2D eigenvalue weighted by molar-refractivity contribution is -0.870. The first-order valence-corrected chi connectivity index (χ1v) is 29.9. The molecule has 0 aromatic carbocycles. The van der Waals surface area contributed by atoms with Crippen LogP contribution < -0.4 is 10.2 Å². The molecule has 3 unspecified atom stereocenters. The Labute approximate surface area is 416 Å². The molecule has 0 heterocycles. The minimum absolute atomic E-state index is 0.0132. The van der Waals surface area contributed by atoms with Crippen LogP contribution in [0.15, 0.2) is 48.6 Å². The minimum Gasteiger partial charge on any atom is -0.756 e. The topological polar surface area (TPSA) is 108 Å². The Morgan fingerprint density at radius 1 is 0.537 bits per heavy atom. The van der Waals surface area contributed by atoms with Gasteiger partial charge in [-0.15, -0.1) is 0 Å². The van der Waals surface area contributed by atoms with Crippen molar-refractivity contribution in [3.63, 3.8) is 0 Å². The molecule has 2 N–H and O–H groups in total. The molecule has 0 aromatic rings. The van der Waals surface area contributed by atoms with Crippen LogP contribution in [0.3, 0.4) is 0 Å². The number of amides is 1. The van der Waals surface area contributed by atoms with Crippen LogP contribution in [0.1, 0.15) is 264 Å². The SMILES string of the molecule is CC/C=C\C/C=C\C/C=C\C/C=C\CCCCCCCCCCCCCCCCCCCCCCCCCCC(=O)NC(COP(=O)([O-])OCC[N+](C)(C)C)C(O)CCCCCCCCCC. The number of rotatable bonds is 52. The maximum Gasteiger partial charge on any atom is 0.268 e. The van der Waals surface area contributed by atoms with Gasteiger partial charge in [0.2, 0.25) is 5.91 Å². The molecule has 0 aromatic heterocycles. The number of likely N-dealkylation sites (N-methyl/N-ethyl adjacent to an activating group) is 1. The Balaban J connectivity index is 3.79. The lowest BCUT2D eigenvalue weighted by Crippen LogP contribution is -2.46. The van der Waals surface area contributed by atoms with Crippen LogP contribution in [-0.2, 0) is 18.4 Å². The summed E-state index contributed by atoms with van der Waals surface area (Å²) in [5.41, 5.74) is 0. The standard InChI is InChI=1S/C58H111N2O6P/c1-6-8-10-12-14-16-17-18-19-20-21-22-23-24-25-26-27-28-29-30-31-32-33-34-35-36-37-38-39-40-41-42-43-44-46-48-50-52-58(62)59-56(55-66-67(63,64)65-54-53-60(3,4)5)57(61)51-49-47-45-15-13-11-9-7-2/h8,10,14,16,18-19,21-22,56-57,61H,6-7,9,11-13,15,17,20,23-55H2,1-5H3,(H-,59,62,63,64)/b10-8-,16-14-,19-18-,22-21-. The molecule has 0 aliphatic rings. The number of nitrogens with one attached hydrogen (secondary N) is 1. The molecule has 0 radical (unpaired) electrons. The molecule has 0 spiro atoms. The molecule has 394 valence electrons. The highest BCUT2D eigenvalue weighted by Gasteiger charge is 2.24. The van der Waals surface area contributed by atoms with Gasteiger partial charge in [-0.3, -0.25) is 9.36 Å². The predicted octanol–water partition coefficient (Wildman–Crippen LogP) is 16.5. The van der Waals surface area contributed by atoms with Crippen LogP contribution in [0, 0.1) is 0 Å². The quantitative estimate of drug-likeness (QED) is 0.0272. The number of allylic oxidation sites excluding steroid dienone is 8. The van der Waals surface area contributed by atoms with E-state index in [-0.39, 0.29) is 19.1 Å². The Morgan fingerprint density at radius 3 is 1.33 bits per heavy atom. The van der Waals surface area contributed by atoms with Crippen LogP contribution in [0.4, 0.5) is 0 Å². The fraction of sp³-hybridized carbons (Fsp3) is 0.845. The molecule has 0 bridgehead atoms. The smallest absolute Gasteiger partial charge is 0.268 e. The average molecular weight is 964 g/mol. The zero-order valence-electron chi connectivity index (χ0n) is 44.9. The Bertz CT molecular complexity index is 1230. The zero-order valence-corrected chi connectivity index (χ0v) is 45.7. The molecule has 1 amide bonds. The van der Waals surface area contributed by atoms with Crippen molar-refractivity contribution in [2.45, 2.75) is 276 Å². The predicted molar refractivity (Wildman–Crippen MR) is 288 cm³/mol. The highest BCUT2D eigenvalue weighted by Crippen LogP contribution is 2.38. The van der Waals surface area contributed by atoms with Gasteiger partial charge in [-0.1, -0.05) is 255 Å². The van der Waals surface area contributed by atoms with Crippen LogP contribution in [0.2, 0.25) is 0 Å². The number of phosphoric acid groups is 1. The summed E-state index contributed by atoms with van der Waals surface area (Å²) in [5, 5.41) is 13.9. The molecule has 0 aliphatic carbocycles. The summed E-state index contributed by atoms with van der Waals surface area (Å²) < 4.78 is 23.3. The van der Waals surface area contributed by atoms with E-state index in [1.54, 1.807) is 0 Å². The molecule has 8 nitrogen and oxygen atoms in total. The van der Waals surface area contributed by atoms with Gasteiger partial charge in [0.1, 0.15) is 13.2 Å². The van der Waals surface area contributed by atoms with Crippen molar-refractivity contribution in [3.05, 3.63) is 48.6 Å². The van der Waals surface area contributed by atoms with E-state index in [1.165, 1.54) is 173 Å². The molecule has 0 aliphatic heterocycles. The first kappa shape index (κ1) is 65.5. The van der Waals surface area contributed by atoms with Crippen molar-refractivity contribution in [1.29, 1.82) is 0 Å². The highest BCUT2D eigenvalue weighted by atomic mass is 31.2. The molecule has 0 rings (SSSR count). The molecule has 0 fully saturated rings. The summed E-state index contributed by atoms with van der Waals surface area (Å²) in [6.07, 6.45) is 64.7. The number of quaternary nitrogens is 1. The number of hydrogen-bond donors (Lipinski definition) is 2. The average Bonchev–Trinajstić information content (AvgIpc) is 3.29. The molecule has 3 atom stereocenters. The number of aliphatic hydroxyl groups is 1. The van der Waals surface area contributed by atoms with E-state index in [4.69, 9.17) is 9.05 Å². The summed E-state index contributed by atoms with van der Waals surface area (Å²) in [5.74, 6) is -0.164. The number of hydrogen-bond acceptors (Lipinski definition) is 6. The molecular formula is C58H111N2O6P. The third-order valence-electron chi connectivity index (χ3n) is 12.8. The number of phosphoric ester groups is 1. The number of aliphatic hydroxyl groups excluding tert-OH is 1. The second kappa shape index (κ2) is 49.4. The Morgan fingerprint density at radius 2 is 0.910 bits per heavy atom. The van der Waals surface area contributed by atoms with Gasteiger partial charge in [0.05, 0.1) is 39.9 Å². The fourth-order valence-electron chi connectivity index (χ4n) is 8.39. The van der Waals surface area contributed by atoms with E-state index in [0.29, 0.717) is 23.9 Å².